The molecule has 0 unspecified atom stereocenters. The highest BCUT2D eigenvalue weighted by Gasteiger charge is 2.23. The summed E-state index contributed by atoms with van der Waals surface area (Å²) in [6, 6.07) is 24.1. The van der Waals surface area contributed by atoms with Gasteiger partial charge < -0.3 is 9.64 Å². The van der Waals surface area contributed by atoms with Gasteiger partial charge in [0.05, 0.1) is 17.1 Å². The van der Waals surface area contributed by atoms with Gasteiger partial charge in [0.15, 0.2) is 0 Å². The minimum Gasteiger partial charge on any atom is -0.446 e. The number of anilines is 1. The third-order valence-corrected chi connectivity index (χ3v) is 5.79. The van der Waals surface area contributed by atoms with Crippen LogP contribution in [-0.2, 0) is 17.8 Å². The Bertz CT molecular complexity index is 1050. The summed E-state index contributed by atoms with van der Waals surface area (Å²) in [7, 11) is 4.10. The quantitative estimate of drug-likeness (QED) is 0.554. The van der Waals surface area contributed by atoms with Crippen molar-refractivity contribution in [1.82, 2.24) is 14.8 Å². The monoisotopic (exact) mass is 444 g/mol. The van der Waals surface area contributed by atoms with Crippen LogP contribution in [0.15, 0.2) is 72.8 Å². The summed E-state index contributed by atoms with van der Waals surface area (Å²) in [5.41, 5.74) is 4.97. The van der Waals surface area contributed by atoms with Crippen LogP contribution in [0.4, 0.5) is 10.5 Å². The lowest BCUT2D eigenvalue weighted by molar-refractivity contribution is 0.0563. The van der Waals surface area contributed by atoms with E-state index < -0.39 is 6.09 Å². The number of nitrogens with zero attached hydrogens (tertiary/aromatic N) is 3. The van der Waals surface area contributed by atoms with Crippen LogP contribution in [0.25, 0.3) is 11.1 Å². The van der Waals surface area contributed by atoms with Crippen LogP contribution in [-0.4, -0.2) is 54.2 Å². The van der Waals surface area contributed by atoms with Crippen LogP contribution in [0.1, 0.15) is 24.2 Å². The molecule has 0 radical (unpaired) electrons. The number of ether oxygens (including phenoxy) is 1. The predicted octanol–water partition coefficient (Wildman–Crippen LogP) is 5.02. The number of aromatic nitrogens is 1. The minimum absolute atomic E-state index is 0.0711. The van der Waals surface area contributed by atoms with Crippen LogP contribution in [0.3, 0.4) is 0 Å². The molecular formula is C27H32N4O2. The molecule has 0 aliphatic carbocycles. The minimum atomic E-state index is -0.394. The molecular weight excluding hydrogens is 412 g/mol. The molecule has 4 rings (SSSR count). The van der Waals surface area contributed by atoms with Gasteiger partial charge in [-0.25, -0.2) is 4.79 Å². The van der Waals surface area contributed by atoms with Gasteiger partial charge in [-0.3, -0.25) is 15.2 Å². The third kappa shape index (κ3) is 6.63. The lowest BCUT2D eigenvalue weighted by Crippen LogP contribution is -2.38. The molecule has 6 nitrogen and oxygen atoms in total. The first kappa shape index (κ1) is 23.0. The van der Waals surface area contributed by atoms with Gasteiger partial charge in [-0.15, -0.1) is 0 Å². The lowest BCUT2D eigenvalue weighted by atomic mass is 10.0. The standard InChI is InChI=1S/C27H32N4O2/c1-30(2)19-22-11-8-12-23(28-22)20-31-17-15-24(16-18-31)33-27(32)29-26-14-7-6-13-25(26)21-9-4-3-5-10-21/h3-14,24H,15-20H2,1-2H3,(H,29,32). The zero-order valence-corrected chi connectivity index (χ0v) is 19.4. The average Bonchev–Trinajstić information content (AvgIpc) is 2.81. The van der Waals surface area contributed by atoms with E-state index in [1.807, 2.05) is 54.6 Å². The highest BCUT2D eigenvalue weighted by atomic mass is 16.6. The molecule has 1 aromatic heterocycles. The third-order valence-electron chi connectivity index (χ3n) is 5.79. The molecule has 0 atom stereocenters. The molecule has 3 aromatic rings. The first-order valence-corrected chi connectivity index (χ1v) is 11.5. The Morgan fingerprint density at radius 2 is 1.67 bits per heavy atom. The molecule has 172 valence electrons. The summed E-state index contributed by atoms with van der Waals surface area (Å²) in [5, 5.41) is 2.94. The Morgan fingerprint density at radius 1 is 0.970 bits per heavy atom. The molecule has 6 heteroatoms. The maximum atomic E-state index is 12.6. The fraction of sp³-hybridized carbons (Fsp3) is 0.333. The second-order valence-electron chi connectivity index (χ2n) is 8.78. The van der Waals surface area contributed by atoms with Gasteiger partial charge in [-0.1, -0.05) is 54.6 Å². The zero-order valence-electron chi connectivity index (χ0n) is 19.4. The summed E-state index contributed by atoms with van der Waals surface area (Å²) in [5.74, 6) is 0. The molecule has 1 amide bonds. The number of amides is 1. The van der Waals surface area contributed by atoms with E-state index in [4.69, 9.17) is 9.72 Å². The summed E-state index contributed by atoms with van der Waals surface area (Å²) in [6.07, 6.45) is 1.18. The van der Waals surface area contributed by atoms with Crippen molar-refractivity contribution in [2.45, 2.75) is 32.0 Å². The number of piperidine rings is 1. The predicted molar refractivity (Wildman–Crippen MR) is 132 cm³/mol. The van der Waals surface area contributed by atoms with E-state index in [2.05, 4.69) is 47.4 Å². The first-order valence-electron chi connectivity index (χ1n) is 11.5. The van der Waals surface area contributed by atoms with E-state index >= 15 is 0 Å². The van der Waals surface area contributed by atoms with Gasteiger partial charge in [0.25, 0.3) is 0 Å². The maximum Gasteiger partial charge on any atom is 0.411 e. The van der Waals surface area contributed by atoms with Gasteiger partial charge >= 0.3 is 6.09 Å². The number of carbonyl (C=O) groups excluding carboxylic acids is 1. The molecule has 2 heterocycles. The number of benzene rings is 2. The van der Waals surface area contributed by atoms with Crippen LogP contribution in [0, 0.1) is 0 Å². The van der Waals surface area contributed by atoms with Crippen molar-refractivity contribution in [3.63, 3.8) is 0 Å². The fourth-order valence-electron chi connectivity index (χ4n) is 4.20. The number of hydrogen-bond donors (Lipinski definition) is 1. The van der Waals surface area contributed by atoms with Gasteiger partial charge in [0, 0.05) is 31.7 Å². The number of likely N-dealkylation sites (tertiary alicyclic amines) is 1. The van der Waals surface area contributed by atoms with Crippen LogP contribution in [0.5, 0.6) is 0 Å². The molecule has 33 heavy (non-hydrogen) atoms. The highest BCUT2D eigenvalue weighted by Crippen LogP contribution is 2.28. The van der Waals surface area contributed by atoms with Crippen molar-refractivity contribution in [2.24, 2.45) is 0 Å². The van der Waals surface area contributed by atoms with Crippen molar-refractivity contribution >= 4 is 11.8 Å². The normalized spacial score (nSPS) is 14.9. The molecule has 0 spiro atoms. The molecule has 0 saturated carbocycles. The van der Waals surface area contributed by atoms with E-state index in [0.717, 1.165) is 67.2 Å². The van der Waals surface area contributed by atoms with Crippen molar-refractivity contribution in [1.29, 1.82) is 0 Å². The van der Waals surface area contributed by atoms with Gasteiger partial charge in [-0.05, 0) is 50.7 Å². The SMILES string of the molecule is CN(C)Cc1cccc(CN2CCC(OC(=O)Nc3ccccc3-c3ccccc3)CC2)n1. The first-order chi connectivity index (χ1) is 16.1. The number of carbonyl (C=O) groups is 1. The Kier molecular flexibility index (Phi) is 7.70. The largest absolute Gasteiger partial charge is 0.446 e. The molecule has 1 aliphatic heterocycles. The molecule has 1 fully saturated rings. The molecule has 1 N–H and O–H groups in total. The fourth-order valence-corrected chi connectivity index (χ4v) is 4.20. The topological polar surface area (TPSA) is 57.7 Å². The Morgan fingerprint density at radius 3 is 2.42 bits per heavy atom. The zero-order chi connectivity index (χ0) is 23.0. The van der Waals surface area contributed by atoms with E-state index in [-0.39, 0.29) is 6.10 Å². The van der Waals surface area contributed by atoms with E-state index in [1.54, 1.807) is 0 Å². The maximum absolute atomic E-state index is 12.6. The number of hydrogen-bond acceptors (Lipinski definition) is 5. The van der Waals surface area contributed by atoms with Gasteiger partial charge in [0.1, 0.15) is 6.10 Å². The van der Waals surface area contributed by atoms with Crippen LogP contribution in [0.2, 0.25) is 0 Å². The van der Waals surface area contributed by atoms with Crippen molar-refractivity contribution in [2.75, 3.05) is 32.5 Å². The van der Waals surface area contributed by atoms with Gasteiger partial charge in [-0.2, -0.15) is 0 Å². The summed E-state index contributed by atoms with van der Waals surface area (Å²) in [4.78, 5) is 21.9. The molecule has 1 saturated heterocycles. The van der Waals surface area contributed by atoms with Crippen molar-refractivity contribution in [3.8, 4) is 11.1 Å². The second kappa shape index (κ2) is 11.1. The Balaban J connectivity index is 1.27. The second-order valence-corrected chi connectivity index (χ2v) is 8.78. The van der Waals surface area contributed by atoms with E-state index in [0.29, 0.717) is 0 Å². The number of para-hydroxylation sites is 1. The molecule has 2 aromatic carbocycles. The van der Waals surface area contributed by atoms with Gasteiger partial charge in [0.2, 0.25) is 0 Å². The smallest absolute Gasteiger partial charge is 0.411 e. The number of rotatable bonds is 7. The Labute approximate surface area is 196 Å². The molecule has 1 aliphatic rings. The lowest BCUT2D eigenvalue weighted by Gasteiger charge is -2.31. The van der Waals surface area contributed by atoms with E-state index in [1.165, 1.54) is 0 Å². The highest BCUT2D eigenvalue weighted by molar-refractivity contribution is 5.91. The summed E-state index contributed by atoms with van der Waals surface area (Å²) in [6.45, 7) is 3.44. The summed E-state index contributed by atoms with van der Waals surface area (Å²) >= 11 is 0. The average molecular weight is 445 g/mol. The summed E-state index contributed by atoms with van der Waals surface area (Å²) < 4.78 is 5.75. The Hall–Kier alpha value is -3.22. The van der Waals surface area contributed by atoms with Crippen LogP contribution >= 0.6 is 0 Å². The number of nitrogens with one attached hydrogen (secondary N) is 1. The number of pyridine rings is 1. The van der Waals surface area contributed by atoms with Crippen LogP contribution < -0.4 is 5.32 Å². The van der Waals surface area contributed by atoms with Crippen molar-refractivity contribution < 1.29 is 9.53 Å². The van der Waals surface area contributed by atoms with Crippen molar-refractivity contribution in [3.05, 3.63) is 84.2 Å². The molecule has 0 bridgehead atoms. The van der Waals surface area contributed by atoms with E-state index in [9.17, 15) is 4.79 Å².